The summed E-state index contributed by atoms with van der Waals surface area (Å²) in [5, 5.41) is 26.7. The molecule has 0 aliphatic heterocycles. The van der Waals surface area contributed by atoms with Crippen LogP contribution in [0.25, 0.3) is 0 Å². The Morgan fingerprint density at radius 2 is 1.14 bits per heavy atom. The third-order valence-corrected chi connectivity index (χ3v) is 3.97. The molecule has 0 bridgehead atoms. The van der Waals surface area contributed by atoms with Crippen molar-refractivity contribution < 1.29 is 19.4 Å². The number of rotatable bonds is 7. The van der Waals surface area contributed by atoms with Crippen LogP contribution in [-0.4, -0.2) is 21.7 Å². The second kappa shape index (κ2) is 8.71. The molecule has 0 aliphatic rings. The number of hydrogen-bond donors (Lipinski definition) is 2. The maximum atomic E-state index is 12.0. The number of nitrogens with zero attached hydrogens (tertiary/aromatic N) is 2. The predicted molar refractivity (Wildman–Crippen MR) is 102 cm³/mol. The normalized spacial score (nSPS) is 10.2. The molecule has 146 valence electrons. The van der Waals surface area contributed by atoms with E-state index in [1.807, 2.05) is 0 Å². The minimum Gasteiger partial charge on any atom is -0.326 e. The molecule has 0 radical (unpaired) electrons. The summed E-state index contributed by atoms with van der Waals surface area (Å²) in [5.74, 6) is -0.819. The second-order valence-corrected chi connectivity index (χ2v) is 6.11. The van der Waals surface area contributed by atoms with Crippen molar-refractivity contribution in [2.75, 3.05) is 10.6 Å². The topological polar surface area (TPSA) is 144 Å². The number of nitro benzene ring substituents is 2. The van der Waals surface area contributed by atoms with Gasteiger partial charge < -0.3 is 10.6 Å². The molecule has 0 saturated heterocycles. The Morgan fingerprint density at radius 3 is 1.43 bits per heavy atom. The number of nitro groups is 2. The molecule has 0 unspecified atom stereocenters. The van der Waals surface area contributed by atoms with Gasteiger partial charge in [-0.2, -0.15) is 0 Å². The average molecular weight is 386 g/mol. The highest BCUT2D eigenvalue weighted by molar-refractivity contribution is 5.97. The molecule has 2 amide bonds. The number of aryl methyl sites for hydroxylation is 2. The number of amides is 2. The molecule has 0 atom stereocenters. The quantitative estimate of drug-likeness (QED) is 0.550. The van der Waals surface area contributed by atoms with Crippen molar-refractivity contribution in [2.24, 2.45) is 0 Å². The van der Waals surface area contributed by atoms with Crippen molar-refractivity contribution >= 4 is 34.6 Å². The molecule has 0 fully saturated rings. The Hall–Kier alpha value is -3.82. The molecular weight excluding hydrogens is 368 g/mol. The molecule has 10 heteroatoms. The third kappa shape index (κ3) is 5.34. The molecule has 0 aliphatic carbocycles. The van der Waals surface area contributed by atoms with Crippen LogP contribution in [0.4, 0.5) is 22.7 Å². The van der Waals surface area contributed by atoms with E-state index in [1.165, 1.54) is 36.4 Å². The highest BCUT2D eigenvalue weighted by Gasteiger charge is 2.13. The first kappa shape index (κ1) is 20.5. The minimum atomic E-state index is -0.525. The Balaban J connectivity index is 1.90. The Morgan fingerprint density at radius 1 is 0.786 bits per heavy atom. The number of carbonyl (C=O) groups is 2. The lowest BCUT2D eigenvalue weighted by molar-refractivity contribution is -0.385. The molecule has 10 nitrogen and oxygen atoms in total. The first-order valence-corrected chi connectivity index (χ1v) is 8.27. The first-order chi connectivity index (χ1) is 13.2. The SMILES string of the molecule is Cc1cc([N+](=O)[O-])ccc1NC(=O)CCC(=O)Nc1ccc([N+](=O)[O-])cc1C. The van der Waals surface area contributed by atoms with Gasteiger partial charge in [-0.05, 0) is 37.1 Å². The van der Waals surface area contributed by atoms with E-state index in [0.29, 0.717) is 22.5 Å². The molecule has 0 aromatic heterocycles. The first-order valence-electron chi connectivity index (χ1n) is 8.27. The summed E-state index contributed by atoms with van der Waals surface area (Å²) in [4.78, 5) is 44.5. The van der Waals surface area contributed by atoms with E-state index in [-0.39, 0.29) is 24.2 Å². The van der Waals surface area contributed by atoms with Crippen molar-refractivity contribution in [2.45, 2.75) is 26.7 Å². The number of anilines is 2. The fraction of sp³-hybridized carbons (Fsp3) is 0.222. The van der Waals surface area contributed by atoms with Crippen LogP contribution in [0, 0.1) is 34.1 Å². The number of nitrogens with one attached hydrogen (secondary N) is 2. The van der Waals surface area contributed by atoms with Crippen molar-refractivity contribution in [3.05, 3.63) is 67.8 Å². The van der Waals surface area contributed by atoms with Gasteiger partial charge in [-0.15, -0.1) is 0 Å². The van der Waals surface area contributed by atoms with Crippen molar-refractivity contribution in [1.29, 1.82) is 0 Å². The maximum Gasteiger partial charge on any atom is 0.269 e. The van der Waals surface area contributed by atoms with E-state index in [0.717, 1.165) is 0 Å². The van der Waals surface area contributed by atoms with E-state index < -0.39 is 21.7 Å². The zero-order valence-electron chi connectivity index (χ0n) is 15.2. The standard InChI is InChI=1S/C18H18N4O6/c1-11-9-13(21(25)26)3-5-15(11)19-17(23)7-8-18(24)20-16-6-4-14(22(27)28)10-12(16)2/h3-6,9-10H,7-8H2,1-2H3,(H,19,23)(H,20,24). The van der Waals surface area contributed by atoms with Gasteiger partial charge in [0.2, 0.25) is 11.8 Å². The van der Waals surface area contributed by atoms with Crippen LogP contribution in [0.5, 0.6) is 0 Å². The van der Waals surface area contributed by atoms with Crippen molar-refractivity contribution in [3.63, 3.8) is 0 Å². The number of benzene rings is 2. The number of hydrogen-bond acceptors (Lipinski definition) is 6. The zero-order chi connectivity index (χ0) is 20.8. The summed E-state index contributed by atoms with van der Waals surface area (Å²) in [6.45, 7) is 3.26. The third-order valence-electron chi connectivity index (χ3n) is 3.97. The van der Waals surface area contributed by atoms with Crippen LogP contribution in [0.2, 0.25) is 0 Å². The highest BCUT2D eigenvalue weighted by atomic mass is 16.6. The van der Waals surface area contributed by atoms with Gasteiger partial charge in [0.15, 0.2) is 0 Å². The van der Waals surface area contributed by atoms with Gasteiger partial charge in [0, 0.05) is 48.5 Å². The van der Waals surface area contributed by atoms with E-state index in [2.05, 4.69) is 10.6 Å². The molecule has 0 heterocycles. The summed E-state index contributed by atoms with van der Waals surface area (Å²) in [7, 11) is 0. The number of non-ortho nitro benzene ring substituents is 2. The summed E-state index contributed by atoms with van der Waals surface area (Å²) in [6, 6.07) is 8.14. The van der Waals surface area contributed by atoms with Crippen LogP contribution in [-0.2, 0) is 9.59 Å². The Labute approximate surface area is 159 Å². The van der Waals surface area contributed by atoms with E-state index in [9.17, 15) is 29.8 Å². The Bertz CT molecular complexity index is 880. The van der Waals surface area contributed by atoms with Gasteiger partial charge in [0.1, 0.15) is 0 Å². The van der Waals surface area contributed by atoms with Crippen LogP contribution in [0.15, 0.2) is 36.4 Å². The van der Waals surface area contributed by atoms with Crippen molar-refractivity contribution in [1.82, 2.24) is 0 Å². The molecular formula is C18H18N4O6. The second-order valence-electron chi connectivity index (χ2n) is 6.11. The van der Waals surface area contributed by atoms with Gasteiger partial charge in [0.05, 0.1) is 9.85 Å². The van der Waals surface area contributed by atoms with Gasteiger partial charge in [-0.1, -0.05) is 0 Å². The fourth-order valence-corrected chi connectivity index (χ4v) is 2.46. The van der Waals surface area contributed by atoms with Crippen LogP contribution < -0.4 is 10.6 Å². The van der Waals surface area contributed by atoms with E-state index in [1.54, 1.807) is 13.8 Å². The van der Waals surface area contributed by atoms with Crippen LogP contribution in [0.3, 0.4) is 0 Å². The average Bonchev–Trinajstić information content (AvgIpc) is 2.63. The smallest absolute Gasteiger partial charge is 0.269 e. The fourth-order valence-electron chi connectivity index (χ4n) is 2.46. The van der Waals surface area contributed by atoms with Crippen molar-refractivity contribution in [3.8, 4) is 0 Å². The highest BCUT2D eigenvalue weighted by Crippen LogP contribution is 2.22. The minimum absolute atomic E-state index is 0.0756. The molecule has 2 rings (SSSR count). The Kier molecular flexibility index (Phi) is 6.38. The molecule has 2 N–H and O–H groups in total. The maximum absolute atomic E-state index is 12.0. The van der Waals surface area contributed by atoms with Gasteiger partial charge >= 0.3 is 0 Å². The predicted octanol–water partition coefficient (Wildman–Crippen LogP) is 3.48. The monoisotopic (exact) mass is 386 g/mol. The van der Waals surface area contributed by atoms with E-state index >= 15 is 0 Å². The summed E-state index contributed by atoms with van der Waals surface area (Å²) < 4.78 is 0. The van der Waals surface area contributed by atoms with Crippen LogP contribution in [0.1, 0.15) is 24.0 Å². The molecule has 2 aromatic rings. The van der Waals surface area contributed by atoms with Gasteiger partial charge in [-0.3, -0.25) is 29.8 Å². The lowest BCUT2D eigenvalue weighted by Gasteiger charge is -2.10. The zero-order valence-corrected chi connectivity index (χ0v) is 15.2. The molecule has 2 aromatic carbocycles. The largest absolute Gasteiger partial charge is 0.326 e. The van der Waals surface area contributed by atoms with E-state index in [4.69, 9.17) is 0 Å². The number of carbonyl (C=O) groups excluding carboxylic acids is 2. The molecule has 0 saturated carbocycles. The lowest BCUT2D eigenvalue weighted by Crippen LogP contribution is -2.18. The van der Waals surface area contributed by atoms with Gasteiger partial charge in [-0.25, -0.2) is 0 Å². The summed E-state index contributed by atoms with van der Waals surface area (Å²) >= 11 is 0. The van der Waals surface area contributed by atoms with Crippen LogP contribution >= 0.6 is 0 Å². The summed E-state index contributed by atoms with van der Waals surface area (Å²) in [6.07, 6.45) is -0.178. The lowest BCUT2D eigenvalue weighted by atomic mass is 10.1. The molecule has 0 spiro atoms. The molecule has 28 heavy (non-hydrogen) atoms. The van der Waals surface area contributed by atoms with Gasteiger partial charge in [0.25, 0.3) is 11.4 Å². The summed E-state index contributed by atoms with van der Waals surface area (Å²) in [5.41, 5.74) is 1.79.